The van der Waals surface area contributed by atoms with Crippen LogP contribution in [0.4, 0.5) is 11.5 Å². The first kappa shape index (κ1) is 31.0. The van der Waals surface area contributed by atoms with Crippen LogP contribution in [0.25, 0.3) is 10.9 Å². The van der Waals surface area contributed by atoms with Crippen molar-refractivity contribution in [1.29, 1.82) is 0 Å². The normalized spacial score (nSPS) is 11.6. The zero-order valence-electron chi connectivity index (χ0n) is 23.7. The molecule has 0 saturated carbocycles. The monoisotopic (exact) mass is 523 g/mol. The molecule has 2 heterocycles. The summed E-state index contributed by atoms with van der Waals surface area (Å²) in [6.07, 6.45) is 6.11. The fourth-order valence-electron chi connectivity index (χ4n) is 4.35. The first-order valence-electron chi connectivity index (χ1n) is 13.8. The van der Waals surface area contributed by atoms with Crippen LogP contribution in [0.1, 0.15) is 51.3 Å². The lowest BCUT2D eigenvalue weighted by Crippen LogP contribution is -2.36. The van der Waals surface area contributed by atoms with Gasteiger partial charge in [-0.1, -0.05) is 45.0 Å². The highest BCUT2D eigenvalue weighted by atomic mass is 16.5. The first-order chi connectivity index (χ1) is 18.5. The smallest absolute Gasteiger partial charge is 0.326 e. The maximum atomic E-state index is 12.0. The number of pyridine rings is 2. The number of carboxylic acids is 1. The molecule has 0 bridgehead atoms. The predicted octanol–water partition coefficient (Wildman–Crippen LogP) is 5.49. The number of benzene rings is 1. The molecule has 2 aromatic heterocycles. The summed E-state index contributed by atoms with van der Waals surface area (Å²) >= 11 is 0. The number of fused-ring (bicyclic) bond motifs is 1. The highest BCUT2D eigenvalue weighted by Crippen LogP contribution is 2.22. The molecule has 1 aromatic carbocycles. The minimum absolute atomic E-state index is 0.487. The minimum atomic E-state index is -0.857. The van der Waals surface area contributed by atoms with Crippen molar-refractivity contribution in [2.75, 3.05) is 51.0 Å². The summed E-state index contributed by atoms with van der Waals surface area (Å²) in [4.78, 5) is 23.5. The Bertz CT molecular complexity index is 1100. The summed E-state index contributed by atoms with van der Waals surface area (Å²) in [5.41, 5.74) is 3.96. The molecule has 1 atom stereocenters. The van der Waals surface area contributed by atoms with E-state index in [1.807, 2.05) is 51.2 Å². The molecule has 0 spiro atoms. The number of anilines is 2. The van der Waals surface area contributed by atoms with Gasteiger partial charge in [-0.3, -0.25) is 4.98 Å². The van der Waals surface area contributed by atoms with E-state index in [0.717, 1.165) is 66.9 Å². The van der Waals surface area contributed by atoms with Gasteiger partial charge in [-0.15, -0.1) is 0 Å². The quantitative estimate of drug-likeness (QED) is 0.212. The lowest BCUT2D eigenvalue weighted by Gasteiger charge is -2.24. The topological polar surface area (TPSA) is 99.6 Å². The van der Waals surface area contributed by atoms with E-state index in [1.165, 1.54) is 5.56 Å². The molecule has 38 heavy (non-hydrogen) atoms. The van der Waals surface area contributed by atoms with Crippen LogP contribution in [0.3, 0.4) is 0 Å². The molecule has 0 aliphatic rings. The van der Waals surface area contributed by atoms with Crippen LogP contribution in [-0.2, 0) is 22.4 Å². The number of rotatable bonds is 16. The van der Waals surface area contributed by atoms with Crippen LogP contribution in [0.15, 0.2) is 48.7 Å². The number of nitrogens with one attached hydrogen (secondary N) is 2. The standard InChI is InChI=1S/C28H39N5O3.C2H6/c1-4-21-12-13-22(31-27(21)29-2)9-7-8-17-33(19-20-36-3)18-15-26(28(34)35)32-25-14-16-30-24-11-6-5-10-23(24)25;1-2/h5-6,10-14,16,26H,4,7-9,15,17-20H2,1-3H3,(H,29,31)(H,30,32)(H,34,35);1-2H3. The molecule has 0 radical (unpaired) electrons. The Morgan fingerprint density at radius 3 is 2.58 bits per heavy atom. The van der Waals surface area contributed by atoms with Crippen molar-refractivity contribution in [3.63, 3.8) is 0 Å². The summed E-state index contributed by atoms with van der Waals surface area (Å²) in [6.45, 7) is 9.08. The van der Waals surface area contributed by atoms with E-state index in [2.05, 4.69) is 39.6 Å². The number of methoxy groups -OCH3 is 1. The molecule has 0 fully saturated rings. The number of unbranched alkanes of at least 4 members (excludes halogenated alkanes) is 1. The Hall–Kier alpha value is -3.23. The van der Waals surface area contributed by atoms with Crippen LogP contribution in [-0.4, -0.2) is 72.4 Å². The van der Waals surface area contributed by atoms with E-state index in [4.69, 9.17) is 9.72 Å². The predicted molar refractivity (Wildman–Crippen MR) is 157 cm³/mol. The molecule has 8 nitrogen and oxygen atoms in total. The summed E-state index contributed by atoms with van der Waals surface area (Å²) < 4.78 is 5.30. The van der Waals surface area contributed by atoms with Gasteiger partial charge in [0.05, 0.1) is 12.1 Å². The van der Waals surface area contributed by atoms with Crippen molar-refractivity contribution < 1.29 is 14.6 Å². The summed E-state index contributed by atoms with van der Waals surface area (Å²) in [5.74, 6) is 0.107. The number of para-hydroxylation sites is 1. The van der Waals surface area contributed by atoms with E-state index in [-0.39, 0.29) is 0 Å². The van der Waals surface area contributed by atoms with E-state index in [9.17, 15) is 9.90 Å². The molecule has 208 valence electrons. The molecular formula is C30H45N5O3. The van der Waals surface area contributed by atoms with Crippen LogP contribution in [0, 0.1) is 0 Å². The molecule has 3 N–H and O–H groups in total. The number of nitrogens with zero attached hydrogens (tertiary/aromatic N) is 3. The van der Waals surface area contributed by atoms with Crippen molar-refractivity contribution in [1.82, 2.24) is 14.9 Å². The second-order valence-electron chi connectivity index (χ2n) is 8.90. The number of hydrogen-bond donors (Lipinski definition) is 3. The van der Waals surface area contributed by atoms with Gasteiger partial charge < -0.3 is 25.4 Å². The molecule has 3 aromatic rings. The Morgan fingerprint density at radius 2 is 1.87 bits per heavy atom. The van der Waals surface area contributed by atoms with Gasteiger partial charge in [-0.05, 0) is 62.4 Å². The number of hydrogen-bond acceptors (Lipinski definition) is 7. The van der Waals surface area contributed by atoms with Gasteiger partial charge in [-0.25, -0.2) is 9.78 Å². The number of ether oxygens (including phenoxy) is 1. The fourth-order valence-corrected chi connectivity index (χ4v) is 4.35. The number of carbonyl (C=O) groups is 1. The van der Waals surface area contributed by atoms with Gasteiger partial charge in [0.2, 0.25) is 0 Å². The minimum Gasteiger partial charge on any atom is -0.480 e. The lowest BCUT2D eigenvalue weighted by atomic mass is 10.1. The summed E-state index contributed by atoms with van der Waals surface area (Å²) in [6, 6.07) is 13.2. The summed E-state index contributed by atoms with van der Waals surface area (Å²) in [5, 5.41) is 17.2. The zero-order valence-corrected chi connectivity index (χ0v) is 23.7. The van der Waals surface area contributed by atoms with E-state index >= 15 is 0 Å². The fraction of sp³-hybridized carbons (Fsp3) is 0.500. The third kappa shape index (κ3) is 9.58. The van der Waals surface area contributed by atoms with Gasteiger partial charge in [-0.2, -0.15) is 0 Å². The molecule has 0 aliphatic carbocycles. The second kappa shape index (κ2) is 17.3. The van der Waals surface area contributed by atoms with E-state index in [1.54, 1.807) is 13.3 Å². The van der Waals surface area contributed by atoms with Crippen LogP contribution >= 0.6 is 0 Å². The van der Waals surface area contributed by atoms with Gasteiger partial charge in [0.15, 0.2) is 0 Å². The maximum Gasteiger partial charge on any atom is 0.326 e. The van der Waals surface area contributed by atoms with Gasteiger partial charge in [0, 0.05) is 50.2 Å². The van der Waals surface area contributed by atoms with Crippen molar-refractivity contribution in [2.24, 2.45) is 0 Å². The highest BCUT2D eigenvalue weighted by molar-refractivity contribution is 5.92. The highest BCUT2D eigenvalue weighted by Gasteiger charge is 2.19. The molecular weight excluding hydrogens is 478 g/mol. The molecule has 0 amide bonds. The molecule has 8 heteroatoms. The van der Waals surface area contributed by atoms with Crippen LogP contribution in [0.5, 0.6) is 0 Å². The molecule has 3 rings (SSSR count). The third-order valence-electron chi connectivity index (χ3n) is 6.43. The number of aryl methyl sites for hydroxylation is 2. The molecule has 0 aliphatic heterocycles. The van der Waals surface area contributed by atoms with Crippen LogP contribution < -0.4 is 10.6 Å². The van der Waals surface area contributed by atoms with Gasteiger partial charge >= 0.3 is 5.97 Å². The first-order valence-corrected chi connectivity index (χ1v) is 13.8. The second-order valence-corrected chi connectivity index (χ2v) is 8.90. The molecule has 1 unspecified atom stereocenters. The number of aliphatic carboxylic acids is 1. The van der Waals surface area contributed by atoms with Crippen LogP contribution in [0.2, 0.25) is 0 Å². The Kier molecular flexibility index (Phi) is 14.1. The van der Waals surface area contributed by atoms with E-state index in [0.29, 0.717) is 19.6 Å². The van der Waals surface area contributed by atoms with Gasteiger partial charge in [0.25, 0.3) is 0 Å². The summed E-state index contributed by atoms with van der Waals surface area (Å²) in [7, 11) is 3.61. The average Bonchev–Trinajstić information content (AvgIpc) is 2.96. The van der Waals surface area contributed by atoms with E-state index < -0.39 is 12.0 Å². The Labute approximate surface area is 227 Å². The zero-order chi connectivity index (χ0) is 27.8. The molecule has 0 saturated heterocycles. The SMILES string of the molecule is CC.CCc1ccc(CCCCN(CCOC)CCC(Nc2ccnc3ccccc23)C(=O)O)nc1NC. The van der Waals surface area contributed by atoms with Crippen molar-refractivity contribution in [3.8, 4) is 0 Å². The third-order valence-corrected chi connectivity index (χ3v) is 6.43. The Balaban J connectivity index is 0.00000247. The lowest BCUT2D eigenvalue weighted by molar-refractivity contribution is -0.138. The maximum absolute atomic E-state index is 12.0. The largest absolute Gasteiger partial charge is 0.480 e. The van der Waals surface area contributed by atoms with Crippen molar-refractivity contribution in [3.05, 3.63) is 59.9 Å². The average molecular weight is 524 g/mol. The Morgan fingerprint density at radius 1 is 1.08 bits per heavy atom. The van der Waals surface area contributed by atoms with Crippen molar-refractivity contribution >= 4 is 28.4 Å². The van der Waals surface area contributed by atoms with Gasteiger partial charge in [0.1, 0.15) is 11.9 Å². The number of aromatic nitrogens is 2. The number of carboxylic acid groups (broad SMARTS) is 1. The van der Waals surface area contributed by atoms with Crippen molar-refractivity contribution in [2.45, 2.75) is 58.9 Å².